The number of ether oxygens (including phenoxy) is 1. The third kappa shape index (κ3) is 4.79. The van der Waals surface area contributed by atoms with Crippen LogP contribution in [0.15, 0.2) is 30.3 Å². The molecule has 0 aromatic heterocycles. The summed E-state index contributed by atoms with van der Waals surface area (Å²) in [5, 5.41) is 11.4. The van der Waals surface area contributed by atoms with Gasteiger partial charge in [0.2, 0.25) is 0 Å². The van der Waals surface area contributed by atoms with Gasteiger partial charge >= 0.3 is 11.9 Å². The van der Waals surface area contributed by atoms with Crippen molar-refractivity contribution in [2.24, 2.45) is 0 Å². The fraction of sp³-hybridized carbons (Fsp3) is 0.308. The van der Waals surface area contributed by atoms with E-state index in [1.54, 1.807) is 30.3 Å². The van der Waals surface area contributed by atoms with E-state index in [2.05, 4.69) is 10.1 Å². The molecule has 0 radical (unpaired) electrons. The number of rotatable bonds is 6. The molecule has 102 valence electrons. The van der Waals surface area contributed by atoms with E-state index in [4.69, 9.17) is 5.11 Å². The Kier molecular flexibility index (Phi) is 5.53. The van der Waals surface area contributed by atoms with Gasteiger partial charge in [-0.2, -0.15) is 0 Å². The number of benzene rings is 1. The van der Waals surface area contributed by atoms with Crippen molar-refractivity contribution in [2.75, 3.05) is 7.11 Å². The van der Waals surface area contributed by atoms with Crippen molar-refractivity contribution in [3.05, 3.63) is 35.9 Å². The molecule has 0 aliphatic rings. The third-order valence-electron chi connectivity index (χ3n) is 2.50. The van der Waals surface area contributed by atoms with E-state index in [1.807, 2.05) is 0 Å². The number of carbonyl (C=O) groups excluding carboxylic acids is 2. The quantitative estimate of drug-likeness (QED) is 0.743. The van der Waals surface area contributed by atoms with Crippen LogP contribution in [0.5, 0.6) is 0 Å². The van der Waals surface area contributed by atoms with Crippen LogP contribution in [0, 0.1) is 0 Å². The van der Waals surface area contributed by atoms with E-state index in [0.717, 1.165) is 0 Å². The Bertz CT molecular complexity index is 457. The second kappa shape index (κ2) is 7.15. The summed E-state index contributed by atoms with van der Waals surface area (Å²) in [5.74, 6) is -2.19. The van der Waals surface area contributed by atoms with Crippen LogP contribution < -0.4 is 5.32 Å². The van der Waals surface area contributed by atoms with Gasteiger partial charge in [0.05, 0.1) is 7.11 Å². The van der Waals surface area contributed by atoms with Crippen molar-refractivity contribution in [1.29, 1.82) is 0 Å². The Labute approximate surface area is 110 Å². The number of carboxylic acids is 1. The average Bonchev–Trinajstić information content (AvgIpc) is 2.43. The number of esters is 1. The van der Waals surface area contributed by atoms with E-state index in [9.17, 15) is 14.4 Å². The number of aliphatic carboxylic acids is 1. The molecule has 0 saturated heterocycles. The molecule has 0 heterocycles. The average molecular weight is 265 g/mol. The lowest BCUT2D eigenvalue weighted by atomic mass is 10.1. The Balaban J connectivity index is 2.61. The molecule has 6 nitrogen and oxygen atoms in total. The fourth-order valence-electron chi connectivity index (χ4n) is 1.45. The largest absolute Gasteiger partial charge is 0.480 e. The second-order valence-corrected chi connectivity index (χ2v) is 3.85. The van der Waals surface area contributed by atoms with Crippen LogP contribution in [0.4, 0.5) is 0 Å². The lowest BCUT2D eigenvalue weighted by Crippen LogP contribution is -2.41. The Morgan fingerprint density at radius 1 is 1.26 bits per heavy atom. The molecule has 0 spiro atoms. The summed E-state index contributed by atoms with van der Waals surface area (Å²) >= 11 is 0. The van der Waals surface area contributed by atoms with Crippen molar-refractivity contribution in [3.63, 3.8) is 0 Å². The van der Waals surface area contributed by atoms with Gasteiger partial charge in [0.25, 0.3) is 5.91 Å². The minimum absolute atomic E-state index is 0.0133. The number of carboxylic acid groups (broad SMARTS) is 1. The van der Waals surface area contributed by atoms with Crippen LogP contribution in [0.3, 0.4) is 0 Å². The summed E-state index contributed by atoms with van der Waals surface area (Å²) in [6, 6.07) is 7.15. The van der Waals surface area contributed by atoms with E-state index in [-0.39, 0.29) is 12.8 Å². The summed E-state index contributed by atoms with van der Waals surface area (Å²) in [4.78, 5) is 33.8. The van der Waals surface area contributed by atoms with Crippen LogP contribution in [-0.2, 0) is 14.3 Å². The van der Waals surface area contributed by atoms with Gasteiger partial charge in [0, 0.05) is 12.0 Å². The predicted molar refractivity (Wildman–Crippen MR) is 66.6 cm³/mol. The van der Waals surface area contributed by atoms with Crippen molar-refractivity contribution in [1.82, 2.24) is 5.32 Å². The number of hydrogen-bond acceptors (Lipinski definition) is 4. The molecule has 1 aromatic rings. The molecule has 0 aliphatic carbocycles. The van der Waals surface area contributed by atoms with Gasteiger partial charge in [-0.05, 0) is 18.6 Å². The summed E-state index contributed by atoms with van der Waals surface area (Å²) in [7, 11) is 1.22. The Morgan fingerprint density at radius 2 is 1.89 bits per heavy atom. The van der Waals surface area contributed by atoms with E-state index in [0.29, 0.717) is 5.56 Å². The van der Waals surface area contributed by atoms with E-state index in [1.165, 1.54) is 7.11 Å². The molecule has 0 saturated carbocycles. The first-order valence-corrected chi connectivity index (χ1v) is 5.70. The van der Waals surface area contributed by atoms with Crippen molar-refractivity contribution in [2.45, 2.75) is 18.9 Å². The van der Waals surface area contributed by atoms with Gasteiger partial charge in [-0.15, -0.1) is 0 Å². The number of methoxy groups -OCH3 is 1. The normalized spacial score (nSPS) is 11.4. The first kappa shape index (κ1) is 14.7. The van der Waals surface area contributed by atoms with Crippen molar-refractivity contribution < 1.29 is 24.2 Å². The highest BCUT2D eigenvalue weighted by molar-refractivity contribution is 5.96. The van der Waals surface area contributed by atoms with Crippen molar-refractivity contribution in [3.8, 4) is 0 Å². The first-order valence-electron chi connectivity index (χ1n) is 5.70. The highest BCUT2D eigenvalue weighted by Crippen LogP contribution is 2.03. The summed E-state index contributed by atoms with van der Waals surface area (Å²) in [6.07, 6.45) is -0.0802. The van der Waals surface area contributed by atoms with E-state index < -0.39 is 23.9 Å². The molecule has 0 aliphatic heterocycles. The fourth-order valence-corrected chi connectivity index (χ4v) is 1.45. The number of amides is 1. The molecule has 1 aromatic carbocycles. The molecular formula is C13H15NO5. The van der Waals surface area contributed by atoms with Gasteiger partial charge in [0.1, 0.15) is 6.04 Å². The summed E-state index contributed by atoms with van der Waals surface area (Å²) in [5.41, 5.74) is 0.367. The first-order chi connectivity index (χ1) is 9.04. The number of carbonyl (C=O) groups is 3. The molecule has 0 fully saturated rings. The minimum atomic E-state index is -1.19. The highest BCUT2D eigenvalue weighted by Gasteiger charge is 2.21. The molecule has 0 unspecified atom stereocenters. The molecule has 1 amide bonds. The van der Waals surface area contributed by atoms with E-state index >= 15 is 0 Å². The third-order valence-corrected chi connectivity index (χ3v) is 2.50. The molecule has 1 atom stereocenters. The van der Waals surface area contributed by atoms with Gasteiger partial charge in [-0.3, -0.25) is 9.59 Å². The molecule has 0 bridgehead atoms. The molecular weight excluding hydrogens is 250 g/mol. The van der Waals surface area contributed by atoms with Crippen LogP contribution in [0.1, 0.15) is 23.2 Å². The zero-order chi connectivity index (χ0) is 14.3. The maximum atomic E-state index is 11.8. The standard InChI is InChI=1S/C13H15NO5/c1-19-11(15)8-7-10(13(17)18)14-12(16)9-5-3-2-4-6-9/h2-6,10H,7-8H2,1H3,(H,14,16)(H,17,18)/t10-/m1/s1. The lowest BCUT2D eigenvalue weighted by Gasteiger charge is -2.13. The second-order valence-electron chi connectivity index (χ2n) is 3.85. The Hall–Kier alpha value is -2.37. The topological polar surface area (TPSA) is 92.7 Å². The van der Waals surface area contributed by atoms with Crippen LogP contribution in [-0.4, -0.2) is 36.1 Å². The highest BCUT2D eigenvalue weighted by atomic mass is 16.5. The molecule has 2 N–H and O–H groups in total. The number of hydrogen-bond donors (Lipinski definition) is 2. The van der Waals surface area contributed by atoms with Gasteiger partial charge in [0.15, 0.2) is 0 Å². The zero-order valence-corrected chi connectivity index (χ0v) is 10.5. The molecule has 6 heteroatoms. The zero-order valence-electron chi connectivity index (χ0n) is 10.5. The SMILES string of the molecule is COC(=O)CC[C@@H](NC(=O)c1ccccc1)C(=O)O. The van der Waals surface area contributed by atoms with Gasteiger partial charge in [-0.1, -0.05) is 18.2 Å². The van der Waals surface area contributed by atoms with Gasteiger partial charge < -0.3 is 15.2 Å². The van der Waals surface area contributed by atoms with Crippen LogP contribution in [0.2, 0.25) is 0 Å². The van der Waals surface area contributed by atoms with Crippen LogP contribution >= 0.6 is 0 Å². The van der Waals surface area contributed by atoms with Crippen molar-refractivity contribution >= 4 is 17.8 Å². The van der Waals surface area contributed by atoms with Crippen LogP contribution in [0.25, 0.3) is 0 Å². The minimum Gasteiger partial charge on any atom is -0.480 e. The maximum Gasteiger partial charge on any atom is 0.326 e. The molecule has 19 heavy (non-hydrogen) atoms. The summed E-state index contributed by atoms with van der Waals surface area (Å²) in [6.45, 7) is 0. The smallest absolute Gasteiger partial charge is 0.326 e. The predicted octanol–water partition coefficient (Wildman–Crippen LogP) is 0.823. The number of nitrogens with one attached hydrogen (secondary N) is 1. The van der Waals surface area contributed by atoms with Gasteiger partial charge in [-0.25, -0.2) is 4.79 Å². The monoisotopic (exact) mass is 265 g/mol. The summed E-state index contributed by atoms with van der Waals surface area (Å²) < 4.78 is 4.43. The lowest BCUT2D eigenvalue weighted by molar-refractivity contribution is -0.142. The maximum absolute atomic E-state index is 11.8. The molecule has 1 rings (SSSR count). The Morgan fingerprint density at radius 3 is 2.42 bits per heavy atom.